The molecule has 0 radical (unpaired) electrons. The summed E-state index contributed by atoms with van der Waals surface area (Å²) in [6.45, 7) is 8.33. The molecule has 5 nitrogen and oxygen atoms in total. The zero-order chi connectivity index (χ0) is 23.3. The fraction of sp³-hybridized carbons (Fsp3) is 0.357. The molecule has 170 valence electrons. The van der Waals surface area contributed by atoms with Crippen molar-refractivity contribution in [3.8, 4) is 0 Å². The number of carbonyl (C=O) groups excluding carboxylic acids is 2. The Morgan fingerprint density at radius 1 is 1.15 bits per heavy atom. The van der Waals surface area contributed by atoms with Crippen LogP contribution in [0.25, 0.3) is 10.9 Å². The van der Waals surface area contributed by atoms with Gasteiger partial charge in [-0.3, -0.25) is 4.79 Å². The lowest BCUT2D eigenvalue weighted by molar-refractivity contribution is -0.157. The van der Waals surface area contributed by atoms with Crippen LogP contribution in [0.1, 0.15) is 49.0 Å². The Kier molecular flexibility index (Phi) is 5.15. The molecule has 5 heteroatoms. The van der Waals surface area contributed by atoms with E-state index in [9.17, 15) is 9.59 Å². The molecular formula is C28H30N2O3. The highest BCUT2D eigenvalue weighted by molar-refractivity contribution is 6.26. The van der Waals surface area contributed by atoms with E-state index in [-0.39, 0.29) is 17.8 Å². The van der Waals surface area contributed by atoms with Gasteiger partial charge in [-0.2, -0.15) is 0 Å². The number of hydrogen-bond acceptors (Lipinski definition) is 4. The van der Waals surface area contributed by atoms with Crippen molar-refractivity contribution in [2.45, 2.75) is 44.8 Å². The molecule has 2 aliphatic rings. The van der Waals surface area contributed by atoms with Crippen LogP contribution in [-0.2, 0) is 22.1 Å². The lowest BCUT2D eigenvalue weighted by Gasteiger charge is -2.37. The minimum Gasteiger partial charge on any atom is -0.459 e. The van der Waals surface area contributed by atoms with Gasteiger partial charge in [0, 0.05) is 46.9 Å². The van der Waals surface area contributed by atoms with Crippen molar-refractivity contribution in [3.63, 3.8) is 0 Å². The summed E-state index contributed by atoms with van der Waals surface area (Å²) >= 11 is 0. The van der Waals surface area contributed by atoms with E-state index >= 15 is 0 Å². The Morgan fingerprint density at radius 2 is 1.88 bits per heavy atom. The van der Waals surface area contributed by atoms with Crippen LogP contribution in [-0.4, -0.2) is 22.4 Å². The smallest absolute Gasteiger partial charge is 0.345 e. The molecule has 2 aromatic carbocycles. The Labute approximate surface area is 194 Å². The quantitative estimate of drug-likeness (QED) is 0.324. The number of nitrogens with one attached hydrogen (secondary N) is 1. The van der Waals surface area contributed by atoms with Gasteiger partial charge in [0.15, 0.2) is 0 Å². The first-order valence-electron chi connectivity index (χ1n) is 11.7. The minimum atomic E-state index is -1.62. The van der Waals surface area contributed by atoms with Crippen molar-refractivity contribution in [2.75, 3.05) is 5.32 Å². The van der Waals surface area contributed by atoms with Gasteiger partial charge in [-0.15, -0.1) is 0 Å². The van der Waals surface area contributed by atoms with Crippen LogP contribution >= 0.6 is 0 Å². The number of nitrogens with zero attached hydrogens (tertiary/aromatic N) is 1. The summed E-state index contributed by atoms with van der Waals surface area (Å²) in [5, 5.41) is 4.16. The first kappa shape index (κ1) is 21.5. The Balaban J connectivity index is 1.63. The molecule has 0 unspecified atom stereocenters. The van der Waals surface area contributed by atoms with Gasteiger partial charge < -0.3 is 14.6 Å². The van der Waals surface area contributed by atoms with E-state index in [0.717, 1.165) is 35.7 Å². The Bertz CT molecular complexity index is 1270. The number of esters is 1. The van der Waals surface area contributed by atoms with Crippen LogP contribution in [0.15, 0.2) is 66.9 Å². The number of para-hydroxylation sites is 2. The second kappa shape index (κ2) is 7.91. The van der Waals surface area contributed by atoms with Crippen molar-refractivity contribution in [3.05, 3.63) is 78.0 Å². The van der Waals surface area contributed by atoms with Crippen molar-refractivity contribution < 1.29 is 14.3 Å². The fourth-order valence-corrected chi connectivity index (χ4v) is 5.58. The predicted molar refractivity (Wildman–Crippen MR) is 130 cm³/mol. The molecule has 33 heavy (non-hydrogen) atoms. The average molecular weight is 443 g/mol. The Morgan fingerprint density at radius 3 is 2.64 bits per heavy atom. The van der Waals surface area contributed by atoms with Crippen molar-refractivity contribution in [1.29, 1.82) is 0 Å². The lowest BCUT2D eigenvalue weighted by atomic mass is 9.77. The predicted octanol–water partition coefficient (Wildman–Crippen LogP) is 5.61. The van der Waals surface area contributed by atoms with Gasteiger partial charge in [-0.25, -0.2) is 4.79 Å². The molecule has 1 saturated carbocycles. The van der Waals surface area contributed by atoms with E-state index in [1.54, 1.807) is 6.07 Å². The van der Waals surface area contributed by atoms with E-state index in [0.29, 0.717) is 22.7 Å². The molecule has 1 aromatic heterocycles. The largest absolute Gasteiger partial charge is 0.459 e. The summed E-state index contributed by atoms with van der Waals surface area (Å²) in [6.07, 6.45) is 4.39. The molecule has 4 atom stereocenters. The summed E-state index contributed by atoms with van der Waals surface area (Å²) in [6, 6.07) is 15.1. The number of aromatic nitrogens is 1. The van der Waals surface area contributed by atoms with E-state index < -0.39 is 11.5 Å². The lowest BCUT2D eigenvalue weighted by Crippen LogP contribution is -2.50. The molecule has 0 saturated heterocycles. The number of carbonyl (C=O) groups is 2. The maximum absolute atomic E-state index is 14.1. The van der Waals surface area contributed by atoms with Crippen LogP contribution in [0, 0.1) is 11.8 Å². The molecule has 3 aromatic rings. The van der Waals surface area contributed by atoms with Gasteiger partial charge in [0.05, 0.1) is 0 Å². The molecule has 1 N–H and O–H groups in total. The van der Waals surface area contributed by atoms with E-state index in [4.69, 9.17) is 4.74 Å². The van der Waals surface area contributed by atoms with Crippen molar-refractivity contribution in [2.24, 2.45) is 18.9 Å². The topological polar surface area (TPSA) is 60.3 Å². The molecule has 1 aliphatic heterocycles. The number of aryl methyl sites for hydroxylation is 1. The summed E-state index contributed by atoms with van der Waals surface area (Å²) < 4.78 is 8.20. The fourth-order valence-electron chi connectivity index (χ4n) is 5.58. The van der Waals surface area contributed by atoms with Gasteiger partial charge in [0.25, 0.3) is 0 Å². The first-order valence-corrected chi connectivity index (χ1v) is 11.7. The van der Waals surface area contributed by atoms with Crippen molar-refractivity contribution >= 4 is 28.3 Å². The van der Waals surface area contributed by atoms with Gasteiger partial charge in [-0.05, 0) is 50.3 Å². The Hall–Kier alpha value is -3.34. The second-order valence-electron chi connectivity index (χ2n) is 9.74. The summed E-state index contributed by atoms with van der Waals surface area (Å²) in [5.41, 5.74) is 2.15. The molecule has 0 bridgehead atoms. The van der Waals surface area contributed by atoms with Crippen molar-refractivity contribution in [1.82, 2.24) is 4.57 Å². The molecule has 2 heterocycles. The van der Waals surface area contributed by atoms with E-state index in [1.807, 2.05) is 67.2 Å². The second-order valence-corrected chi connectivity index (χ2v) is 9.74. The van der Waals surface area contributed by atoms with E-state index in [1.165, 1.54) is 0 Å². The zero-order valence-corrected chi connectivity index (χ0v) is 19.4. The standard InChI is InChI=1S/C28H30N2O3/c1-17(2)19-14-13-18(3)15-25(19)33-27(32)28(26(31)21-10-5-7-11-23(21)29-28)22-16-30(4)24-12-8-6-9-20(22)24/h5-12,16,18-19,25,29H,1,13-15H2,2-4H3/t18-,19+,25-,28-/m1/s1. The number of Topliss-reactive ketones (excluding diaryl/α,β-unsaturated/α-hetero) is 1. The average Bonchev–Trinajstić information content (AvgIpc) is 3.29. The van der Waals surface area contributed by atoms with Crippen LogP contribution in [0.2, 0.25) is 0 Å². The molecule has 1 fully saturated rings. The monoisotopic (exact) mass is 442 g/mol. The third-order valence-electron chi connectivity index (χ3n) is 7.39. The minimum absolute atomic E-state index is 0.105. The highest BCUT2D eigenvalue weighted by atomic mass is 16.5. The van der Waals surface area contributed by atoms with Crippen LogP contribution in [0.3, 0.4) is 0 Å². The molecule has 1 aliphatic carbocycles. The third-order valence-corrected chi connectivity index (χ3v) is 7.39. The molecule has 5 rings (SSSR count). The van der Waals surface area contributed by atoms with Gasteiger partial charge in [0.1, 0.15) is 6.10 Å². The number of benzene rings is 2. The summed E-state index contributed by atoms with van der Waals surface area (Å²) in [5.74, 6) is -0.245. The highest BCUT2D eigenvalue weighted by Crippen LogP contribution is 2.44. The van der Waals surface area contributed by atoms with Crippen LogP contribution in [0.5, 0.6) is 0 Å². The van der Waals surface area contributed by atoms with Gasteiger partial charge in [0.2, 0.25) is 11.3 Å². The number of rotatable bonds is 4. The normalized spacial score (nSPS) is 26.6. The van der Waals surface area contributed by atoms with Crippen LogP contribution in [0.4, 0.5) is 5.69 Å². The molecular weight excluding hydrogens is 412 g/mol. The summed E-state index contributed by atoms with van der Waals surface area (Å²) in [7, 11) is 1.93. The van der Waals surface area contributed by atoms with E-state index in [2.05, 4.69) is 18.8 Å². The molecule has 0 spiro atoms. The zero-order valence-electron chi connectivity index (χ0n) is 19.4. The SMILES string of the molecule is C=C(C)[C@@H]1CC[C@@H](C)C[C@H]1OC(=O)[C@]1(c2cn(C)c3ccccc23)Nc2ccccc2C1=O. The number of fused-ring (bicyclic) bond motifs is 2. The van der Waals surface area contributed by atoms with Gasteiger partial charge >= 0.3 is 5.97 Å². The molecule has 0 amide bonds. The first-order chi connectivity index (χ1) is 15.8. The number of anilines is 1. The summed E-state index contributed by atoms with van der Waals surface area (Å²) in [4.78, 5) is 28.0. The maximum atomic E-state index is 14.1. The number of ketones is 1. The maximum Gasteiger partial charge on any atom is 0.345 e. The third kappa shape index (κ3) is 3.29. The van der Waals surface area contributed by atoms with Crippen LogP contribution < -0.4 is 5.32 Å². The number of ether oxygens (including phenoxy) is 1. The number of hydrogen-bond donors (Lipinski definition) is 1. The van der Waals surface area contributed by atoms with Gasteiger partial charge in [-0.1, -0.05) is 49.4 Å². The highest BCUT2D eigenvalue weighted by Gasteiger charge is 2.56.